The van der Waals surface area contributed by atoms with E-state index >= 15 is 0 Å². The first-order valence-corrected chi connectivity index (χ1v) is 11.3. The molecule has 168 valence electrons. The van der Waals surface area contributed by atoms with Gasteiger partial charge in [0.15, 0.2) is 5.96 Å². The number of likely N-dealkylation sites (tertiary alicyclic amines) is 2. The minimum Gasteiger partial charge on any atom is -0.357 e. The van der Waals surface area contributed by atoms with Gasteiger partial charge in [-0.1, -0.05) is 30.7 Å². The van der Waals surface area contributed by atoms with E-state index < -0.39 is 0 Å². The van der Waals surface area contributed by atoms with Crippen LogP contribution >= 0.6 is 35.6 Å². The third-order valence-corrected chi connectivity index (χ3v) is 6.00. The summed E-state index contributed by atoms with van der Waals surface area (Å²) in [4.78, 5) is 21.3. The Balaban J connectivity index is 0.00000320. The van der Waals surface area contributed by atoms with Crippen LogP contribution in [0, 0.1) is 0 Å². The molecule has 3 rings (SSSR count). The van der Waals surface area contributed by atoms with Gasteiger partial charge in [0.1, 0.15) is 0 Å². The van der Waals surface area contributed by atoms with Crippen molar-refractivity contribution in [1.29, 1.82) is 0 Å². The van der Waals surface area contributed by atoms with E-state index in [0.717, 1.165) is 50.1 Å². The van der Waals surface area contributed by atoms with E-state index in [-0.39, 0.29) is 42.0 Å². The van der Waals surface area contributed by atoms with E-state index in [0.29, 0.717) is 13.0 Å². The number of rotatable bonds is 7. The molecule has 1 aromatic rings. The highest BCUT2D eigenvalue weighted by Crippen LogP contribution is 2.27. The molecule has 0 saturated carbocycles. The van der Waals surface area contributed by atoms with Crippen molar-refractivity contribution in [3.05, 3.63) is 34.9 Å². The monoisotopic (exact) mass is 547 g/mol. The molecule has 2 atom stereocenters. The van der Waals surface area contributed by atoms with E-state index in [4.69, 9.17) is 16.6 Å². The minimum absolute atomic E-state index is 0. The summed E-state index contributed by atoms with van der Waals surface area (Å²) in [6, 6.07) is 8.63. The second-order valence-corrected chi connectivity index (χ2v) is 8.29. The zero-order valence-corrected chi connectivity index (χ0v) is 21.2. The van der Waals surface area contributed by atoms with Crippen LogP contribution in [0.2, 0.25) is 5.02 Å². The van der Waals surface area contributed by atoms with Gasteiger partial charge in [0.05, 0.1) is 12.6 Å². The summed E-state index contributed by atoms with van der Waals surface area (Å²) >= 11 is 6.26. The molecule has 0 spiro atoms. The fourth-order valence-electron chi connectivity index (χ4n) is 4.22. The summed E-state index contributed by atoms with van der Waals surface area (Å²) in [7, 11) is 0. The Kier molecular flexibility index (Phi) is 10.7. The molecular formula is C22H35ClIN5O. The Labute approximate surface area is 202 Å². The average molecular weight is 548 g/mol. The van der Waals surface area contributed by atoms with E-state index in [1.165, 1.54) is 18.4 Å². The SMILES string of the molecule is CCNC(=NCC(c1cccc(Cl)c1)N1CCCC1)NC1CCN(C(=O)CC)C1.I. The van der Waals surface area contributed by atoms with Crippen molar-refractivity contribution in [1.82, 2.24) is 20.4 Å². The van der Waals surface area contributed by atoms with E-state index in [2.05, 4.69) is 34.6 Å². The molecule has 2 unspecified atom stereocenters. The molecule has 1 amide bonds. The fourth-order valence-corrected chi connectivity index (χ4v) is 4.42. The fraction of sp³-hybridized carbons (Fsp3) is 0.636. The third-order valence-electron chi connectivity index (χ3n) is 5.77. The van der Waals surface area contributed by atoms with Crippen molar-refractivity contribution in [2.75, 3.05) is 39.3 Å². The van der Waals surface area contributed by atoms with Crippen LogP contribution in [-0.4, -0.2) is 67.0 Å². The maximum absolute atomic E-state index is 12.0. The second-order valence-electron chi connectivity index (χ2n) is 7.86. The molecule has 0 aromatic heterocycles. The minimum atomic E-state index is 0. The molecule has 0 radical (unpaired) electrons. The molecule has 8 heteroatoms. The number of carbonyl (C=O) groups is 1. The van der Waals surface area contributed by atoms with Gasteiger partial charge in [-0.3, -0.25) is 14.7 Å². The quantitative estimate of drug-likeness (QED) is 0.311. The number of hydrogen-bond donors (Lipinski definition) is 2. The second kappa shape index (κ2) is 12.7. The Hall–Kier alpha value is -1.06. The van der Waals surface area contributed by atoms with Gasteiger partial charge in [0.2, 0.25) is 5.91 Å². The van der Waals surface area contributed by atoms with Gasteiger partial charge in [-0.15, -0.1) is 24.0 Å². The number of halogens is 2. The number of nitrogens with one attached hydrogen (secondary N) is 2. The molecule has 0 bridgehead atoms. The number of amides is 1. The van der Waals surface area contributed by atoms with E-state index in [9.17, 15) is 4.79 Å². The maximum atomic E-state index is 12.0. The van der Waals surface area contributed by atoms with Crippen LogP contribution in [0.5, 0.6) is 0 Å². The van der Waals surface area contributed by atoms with Crippen molar-refractivity contribution < 1.29 is 4.79 Å². The highest BCUT2D eigenvalue weighted by Gasteiger charge is 2.27. The molecule has 2 fully saturated rings. The lowest BCUT2D eigenvalue weighted by Gasteiger charge is -2.27. The van der Waals surface area contributed by atoms with Crippen LogP contribution in [0.1, 0.15) is 51.1 Å². The molecule has 2 heterocycles. The maximum Gasteiger partial charge on any atom is 0.222 e. The van der Waals surface area contributed by atoms with Crippen LogP contribution in [0.25, 0.3) is 0 Å². The summed E-state index contributed by atoms with van der Waals surface area (Å²) in [6.07, 6.45) is 4.00. The van der Waals surface area contributed by atoms with Gasteiger partial charge in [-0.2, -0.15) is 0 Å². The van der Waals surface area contributed by atoms with Gasteiger partial charge in [0, 0.05) is 37.1 Å². The Morgan fingerprint density at radius 1 is 1.27 bits per heavy atom. The molecule has 1 aromatic carbocycles. The smallest absolute Gasteiger partial charge is 0.222 e. The van der Waals surface area contributed by atoms with Crippen molar-refractivity contribution in [3.63, 3.8) is 0 Å². The standard InChI is InChI=1S/C22H34ClN5O.HI/c1-3-21(29)28-13-10-19(16-28)26-22(24-4-2)25-15-20(27-11-5-6-12-27)17-8-7-9-18(23)14-17;/h7-9,14,19-20H,3-6,10-13,15-16H2,1-2H3,(H2,24,25,26);1H. The molecule has 2 saturated heterocycles. The number of guanidine groups is 1. The number of aliphatic imine (C=N–C) groups is 1. The third kappa shape index (κ3) is 6.99. The number of carbonyl (C=O) groups excluding carboxylic acids is 1. The lowest BCUT2D eigenvalue weighted by molar-refractivity contribution is -0.129. The predicted molar refractivity (Wildman–Crippen MR) is 135 cm³/mol. The van der Waals surface area contributed by atoms with E-state index in [1.54, 1.807) is 0 Å². The van der Waals surface area contributed by atoms with Crippen molar-refractivity contribution in [2.24, 2.45) is 4.99 Å². The zero-order chi connectivity index (χ0) is 20.6. The Morgan fingerprint density at radius 2 is 2.03 bits per heavy atom. The molecule has 6 nitrogen and oxygen atoms in total. The van der Waals surface area contributed by atoms with Gasteiger partial charge in [0.25, 0.3) is 0 Å². The van der Waals surface area contributed by atoms with Crippen LogP contribution in [0.3, 0.4) is 0 Å². The first-order valence-electron chi connectivity index (χ1n) is 10.9. The van der Waals surface area contributed by atoms with Gasteiger partial charge in [-0.25, -0.2) is 0 Å². The van der Waals surface area contributed by atoms with Crippen molar-refractivity contribution in [2.45, 2.75) is 51.6 Å². The van der Waals surface area contributed by atoms with Crippen LogP contribution in [0.15, 0.2) is 29.3 Å². The summed E-state index contributed by atoms with van der Waals surface area (Å²) < 4.78 is 0. The molecule has 2 aliphatic heterocycles. The Morgan fingerprint density at radius 3 is 2.70 bits per heavy atom. The van der Waals surface area contributed by atoms with Gasteiger partial charge in [-0.05, 0) is 57.0 Å². The first-order chi connectivity index (χ1) is 14.1. The lowest BCUT2D eigenvalue weighted by Crippen LogP contribution is -2.45. The highest BCUT2D eigenvalue weighted by atomic mass is 127. The summed E-state index contributed by atoms with van der Waals surface area (Å²) in [5, 5.41) is 7.67. The summed E-state index contributed by atoms with van der Waals surface area (Å²) in [6.45, 7) is 9.27. The number of nitrogens with zero attached hydrogens (tertiary/aromatic N) is 3. The topological polar surface area (TPSA) is 60.0 Å². The lowest BCUT2D eigenvalue weighted by atomic mass is 10.1. The summed E-state index contributed by atoms with van der Waals surface area (Å²) in [5.41, 5.74) is 1.22. The number of hydrogen-bond acceptors (Lipinski definition) is 3. The van der Waals surface area contributed by atoms with Gasteiger partial charge < -0.3 is 15.5 Å². The van der Waals surface area contributed by atoms with Crippen molar-refractivity contribution >= 4 is 47.4 Å². The molecule has 2 N–H and O–H groups in total. The largest absolute Gasteiger partial charge is 0.357 e. The molecule has 30 heavy (non-hydrogen) atoms. The van der Waals surface area contributed by atoms with Crippen molar-refractivity contribution in [3.8, 4) is 0 Å². The van der Waals surface area contributed by atoms with Crippen LogP contribution < -0.4 is 10.6 Å². The molecular weight excluding hydrogens is 513 g/mol. The van der Waals surface area contributed by atoms with Gasteiger partial charge >= 0.3 is 0 Å². The molecule has 0 aliphatic carbocycles. The average Bonchev–Trinajstić information content (AvgIpc) is 3.40. The first kappa shape index (κ1) is 25.2. The van der Waals surface area contributed by atoms with E-state index in [1.807, 2.05) is 24.0 Å². The molecule has 2 aliphatic rings. The predicted octanol–water partition coefficient (Wildman–Crippen LogP) is 3.66. The normalized spacial score (nSPS) is 20.7. The highest BCUT2D eigenvalue weighted by molar-refractivity contribution is 14.0. The summed E-state index contributed by atoms with van der Waals surface area (Å²) in [5.74, 6) is 1.06. The zero-order valence-electron chi connectivity index (χ0n) is 18.1. The van der Waals surface area contributed by atoms with Crippen LogP contribution in [-0.2, 0) is 4.79 Å². The Bertz CT molecular complexity index is 711. The number of benzene rings is 1. The van der Waals surface area contributed by atoms with Crippen LogP contribution in [0.4, 0.5) is 0 Å².